The van der Waals surface area contributed by atoms with Gasteiger partial charge in [0.25, 0.3) is 5.91 Å². The number of dihydropyridines is 1. The maximum Gasteiger partial charge on any atom is 0.254 e. The number of phenols is 1. The maximum absolute atomic E-state index is 13.6. The number of carbonyl (C=O) groups is 2. The molecule has 0 aromatic heterocycles. The molecule has 0 bridgehead atoms. The molecule has 40 heavy (non-hydrogen) atoms. The Morgan fingerprint density at radius 2 is 1.80 bits per heavy atom. The Balaban J connectivity index is 1.67. The highest BCUT2D eigenvalue weighted by molar-refractivity contribution is 8.03. The number of nitrogens with zero attached hydrogens (tertiary/aromatic N) is 1. The summed E-state index contributed by atoms with van der Waals surface area (Å²) in [6.07, 6.45) is 0.782. The molecule has 0 radical (unpaired) electrons. The van der Waals surface area contributed by atoms with E-state index in [2.05, 4.69) is 22.0 Å². The van der Waals surface area contributed by atoms with Crippen LogP contribution in [0.4, 0.5) is 11.4 Å². The quantitative estimate of drug-likeness (QED) is 0.269. The number of aromatic hydroxyl groups is 1. The maximum atomic E-state index is 13.6. The summed E-state index contributed by atoms with van der Waals surface area (Å²) in [6.45, 7) is 3.78. The fraction of sp³-hybridized carbons (Fsp3) is 0.194. The van der Waals surface area contributed by atoms with E-state index in [0.29, 0.717) is 27.6 Å². The van der Waals surface area contributed by atoms with Gasteiger partial charge in [-0.3, -0.25) is 9.59 Å². The van der Waals surface area contributed by atoms with Gasteiger partial charge < -0.3 is 25.8 Å². The minimum Gasteiger partial charge on any atom is -0.504 e. The molecule has 0 fully saturated rings. The molecule has 1 heterocycles. The van der Waals surface area contributed by atoms with Crippen molar-refractivity contribution in [1.29, 1.82) is 5.26 Å². The Labute approximate surface area is 237 Å². The van der Waals surface area contributed by atoms with E-state index in [-0.39, 0.29) is 34.6 Å². The van der Waals surface area contributed by atoms with Gasteiger partial charge in [0, 0.05) is 22.6 Å². The smallest absolute Gasteiger partial charge is 0.254 e. The average Bonchev–Trinajstić information content (AvgIpc) is 2.96. The van der Waals surface area contributed by atoms with Crippen LogP contribution in [-0.4, -0.2) is 29.8 Å². The molecule has 4 N–H and O–H groups in total. The van der Waals surface area contributed by atoms with E-state index in [9.17, 15) is 20.0 Å². The summed E-state index contributed by atoms with van der Waals surface area (Å²) in [5, 5.41) is 30.0. The number of hydrogen-bond donors (Lipinski definition) is 4. The number of rotatable bonds is 9. The van der Waals surface area contributed by atoms with Gasteiger partial charge in [0.15, 0.2) is 11.5 Å². The first-order valence-electron chi connectivity index (χ1n) is 12.7. The number of allylic oxidation sites excluding steroid dienone is 2. The lowest BCUT2D eigenvalue weighted by Crippen LogP contribution is -2.31. The highest BCUT2D eigenvalue weighted by Crippen LogP contribution is 2.43. The molecule has 0 unspecified atom stereocenters. The summed E-state index contributed by atoms with van der Waals surface area (Å²) in [5.74, 6) is -1.14. The highest BCUT2D eigenvalue weighted by atomic mass is 32.2. The van der Waals surface area contributed by atoms with Gasteiger partial charge in [0.2, 0.25) is 5.91 Å². The largest absolute Gasteiger partial charge is 0.504 e. The summed E-state index contributed by atoms with van der Waals surface area (Å²) in [4.78, 5) is 26.5. The van der Waals surface area contributed by atoms with Crippen LogP contribution in [0.25, 0.3) is 0 Å². The van der Waals surface area contributed by atoms with Crippen molar-refractivity contribution in [2.24, 2.45) is 0 Å². The number of thioether (sulfide) groups is 1. The van der Waals surface area contributed by atoms with Crippen LogP contribution >= 0.6 is 11.8 Å². The van der Waals surface area contributed by atoms with Crippen molar-refractivity contribution in [3.8, 4) is 17.6 Å². The summed E-state index contributed by atoms with van der Waals surface area (Å²) in [6, 6.07) is 23.7. The van der Waals surface area contributed by atoms with Crippen LogP contribution in [-0.2, 0) is 16.0 Å². The molecule has 8 nitrogen and oxygen atoms in total. The standard InChI is InChI=1S/C31H30N4O4S/c1-4-20-10-8-9-13-24(20)35-27(37)18-40-31-23(17-32)29(21-14-15-25(36)26(16-21)39-3)28(19(2)33-31)30(38)34-22-11-6-5-7-12-22/h5-16,29,33,36H,4,18H2,1-3H3,(H,34,38)(H,35,37)/t29-/m0/s1. The third-order valence-electron chi connectivity index (χ3n) is 6.48. The van der Waals surface area contributed by atoms with Crippen LogP contribution in [0.2, 0.25) is 0 Å². The normalized spacial score (nSPS) is 14.7. The van der Waals surface area contributed by atoms with E-state index in [0.717, 1.165) is 17.7 Å². The fourth-order valence-electron chi connectivity index (χ4n) is 4.53. The molecular weight excluding hydrogens is 524 g/mol. The zero-order valence-corrected chi connectivity index (χ0v) is 23.3. The number of amides is 2. The number of benzene rings is 3. The van der Waals surface area contributed by atoms with Crippen molar-refractivity contribution in [1.82, 2.24) is 5.32 Å². The van der Waals surface area contributed by atoms with Crippen molar-refractivity contribution in [2.75, 3.05) is 23.5 Å². The van der Waals surface area contributed by atoms with Gasteiger partial charge in [-0.25, -0.2) is 0 Å². The van der Waals surface area contributed by atoms with Gasteiger partial charge in [-0.15, -0.1) is 0 Å². The predicted octanol–water partition coefficient (Wildman–Crippen LogP) is 5.67. The lowest BCUT2D eigenvalue weighted by Gasteiger charge is -2.30. The van der Waals surface area contributed by atoms with Gasteiger partial charge in [0.1, 0.15) is 0 Å². The molecule has 4 rings (SSSR count). The average molecular weight is 555 g/mol. The van der Waals surface area contributed by atoms with Gasteiger partial charge in [-0.05, 0) is 54.8 Å². The Hall–Kier alpha value is -4.68. The number of ether oxygens (including phenoxy) is 1. The van der Waals surface area contributed by atoms with Crippen LogP contribution in [0, 0.1) is 11.3 Å². The van der Waals surface area contributed by atoms with Crippen LogP contribution in [0.1, 0.15) is 30.9 Å². The van der Waals surface area contributed by atoms with Crippen LogP contribution in [0.3, 0.4) is 0 Å². The molecule has 3 aromatic carbocycles. The summed E-state index contributed by atoms with van der Waals surface area (Å²) in [5.41, 5.74) is 4.16. The Morgan fingerprint density at radius 1 is 1.07 bits per heavy atom. The zero-order chi connectivity index (χ0) is 28.6. The highest BCUT2D eigenvalue weighted by Gasteiger charge is 2.35. The number of aryl methyl sites for hydroxylation is 1. The van der Waals surface area contributed by atoms with E-state index in [1.807, 2.05) is 49.4 Å². The summed E-state index contributed by atoms with van der Waals surface area (Å²) in [7, 11) is 1.43. The fourth-order valence-corrected chi connectivity index (χ4v) is 5.42. The van der Waals surface area contributed by atoms with E-state index in [1.54, 1.807) is 31.2 Å². The first-order chi connectivity index (χ1) is 19.4. The second kappa shape index (κ2) is 12.9. The molecular formula is C31H30N4O4S. The van der Waals surface area contributed by atoms with E-state index < -0.39 is 5.92 Å². The lowest BCUT2D eigenvalue weighted by atomic mass is 9.82. The predicted molar refractivity (Wildman–Crippen MR) is 158 cm³/mol. The van der Waals surface area contributed by atoms with Crippen LogP contribution < -0.4 is 20.7 Å². The second-order valence-electron chi connectivity index (χ2n) is 9.05. The first-order valence-corrected chi connectivity index (χ1v) is 13.7. The topological polar surface area (TPSA) is 123 Å². The molecule has 1 aliphatic heterocycles. The number of carbonyl (C=O) groups excluding carboxylic acids is 2. The number of nitriles is 1. The molecule has 9 heteroatoms. The van der Waals surface area contributed by atoms with Crippen molar-refractivity contribution in [3.63, 3.8) is 0 Å². The molecule has 0 saturated heterocycles. The third kappa shape index (κ3) is 6.30. The van der Waals surface area contributed by atoms with Crippen molar-refractivity contribution < 1.29 is 19.4 Å². The first kappa shape index (κ1) is 28.3. The van der Waals surface area contributed by atoms with Gasteiger partial charge >= 0.3 is 0 Å². The number of para-hydroxylation sites is 2. The molecule has 204 valence electrons. The van der Waals surface area contributed by atoms with Crippen molar-refractivity contribution in [2.45, 2.75) is 26.2 Å². The number of hydrogen-bond acceptors (Lipinski definition) is 7. The van der Waals surface area contributed by atoms with Gasteiger partial charge in [-0.2, -0.15) is 5.26 Å². The van der Waals surface area contributed by atoms with E-state index in [1.165, 1.54) is 24.9 Å². The SMILES string of the molecule is CCc1ccccc1NC(=O)CSC1=C(C#N)[C@H](c2ccc(O)c(OC)c2)C(C(=O)Nc2ccccc2)=C(C)N1. The van der Waals surface area contributed by atoms with Crippen LogP contribution in [0.5, 0.6) is 11.5 Å². The third-order valence-corrected chi connectivity index (χ3v) is 7.50. The molecule has 3 aromatic rings. The minimum absolute atomic E-state index is 0.0516. The minimum atomic E-state index is -0.768. The molecule has 2 amide bonds. The Bertz CT molecular complexity index is 1530. The Morgan fingerprint density at radius 3 is 2.50 bits per heavy atom. The molecule has 1 aliphatic rings. The monoisotopic (exact) mass is 554 g/mol. The van der Waals surface area contributed by atoms with E-state index in [4.69, 9.17) is 4.74 Å². The summed E-state index contributed by atoms with van der Waals surface area (Å²) >= 11 is 1.19. The lowest BCUT2D eigenvalue weighted by molar-refractivity contribution is -0.114. The number of methoxy groups -OCH3 is 1. The summed E-state index contributed by atoms with van der Waals surface area (Å²) < 4.78 is 5.31. The molecule has 0 aliphatic carbocycles. The van der Waals surface area contributed by atoms with Gasteiger partial charge in [-0.1, -0.05) is 61.2 Å². The second-order valence-corrected chi connectivity index (χ2v) is 10.0. The molecule has 1 atom stereocenters. The van der Waals surface area contributed by atoms with Crippen molar-refractivity contribution in [3.05, 3.63) is 106 Å². The van der Waals surface area contributed by atoms with Crippen LogP contribution in [0.15, 0.2) is 94.7 Å². The zero-order valence-electron chi connectivity index (χ0n) is 22.4. The molecule has 0 spiro atoms. The van der Waals surface area contributed by atoms with Gasteiger partial charge in [0.05, 0.1) is 35.5 Å². The number of nitrogens with one attached hydrogen (secondary N) is 3. The van der Waals surface area contributed by atoms with E-state index >= 15 is 0 Å². The van der Waals surface area contributed by atoms with Crippen molar-refractivity contribution >= 4 is 35.0 Å². The molecule has 0 saturated carbocycles. The number of phenolic OH excluding ortho intramolecular Hbond substituents is 1. The Kier molecular flexibility index (Phi) is 9.15. The number of anilines is 2.